The summed E-state index contributed by atoms with van der Waals surface area (Å²) in [7, 11) is 1.48. The molecule has 0 aromatic heterocycles. The van der Waals surface area contributed by atoms with E-state index in [1.807, 2.05) is 0 Å². The van der Waals surface area contributed by atoms with Crippen LogP contribution in [0.3, 0.4) is 0 Å². The third-order valence-electron chi connectivity index (χ3n) is 4.44. The van der Waals surface area contributed by atoms with Crippen molar-refractivity contribution in [1.82, 2.24) is 0 Å². The molecule has 0 spiro atoms. The van der Waals surface area contributed by atoms with Gasteiger partial charge < -0.3 is 19.7 Å². The van der Waals surface area contributed by atoms with Crippen molar-refractivity contribution < 1.29 is 23.9 Å². The summed E-state index contributed by atoms with van der Waals surface area (Å²) in [5, 5.41) is 3.63. The first-order chi connectivity index (χ1) is 14.3. The van der Waals surface area contributed by atoms with Crippen LogP contribution in [-0.2, 0) is 19.1 Å². The summed E-state index contributed by atoms with van der Waals surface area (Å²) in [6, 6.07) is 9.47. The lowest BCUT2D eigenvalue weighted by atomic mass is 10.1. The molecule has 2 aromatic carbocycles. The van der Waals surface area contributed by atoms with Crippen LogP contribution in [0.25, 0.3) is 0 Å². The van der Waals surface area contributed by atoms with E-state index in [1.165, 1.54) is 24.1 Å². The zero-order chi connectivity index (χ0) is 21.8. The molecule has 10 heteroatoms. The highest BCUT2D eigenvalue weighted by Crippen LogP contribution is 2.35. The van der Waals surface area contributed by atoms with E-state index in [0.717, 1.165) is 0 Å². The maximum absolute atomic E-state index is 12.4. The van der Waals surface area contributed by atoms with Gasteiger partial charge in [0, 0.05) is 23.7 Å². The number of methoxy groups -OCH3 is 1. The number of rotatable bonds is 6. The van der Waals surface area contributed by atoms with E-state index in [0.29, 0.717) is 27.2 Å². The Balaban J connectivity index is 1.57. The first kappa shape index (κ1) is 22.2. The lowest BCUT2D eigenvalue weighted by Gasteiger charge is -2.19. The summed E-state index contributed by atoms with van der Waals surface area (Å²) >= 11 is 17.7. The lowest BCUT2D eigenvalue weighted by Crippen LogP contribution is -2.28. The number of nitrogens with zero attached hydrogens (tertiary/aromatic N) is 1. The Hall–Kier alpha value is -2.48. The largest absolute Gasteiger partial charge is 0.495 e. The molecule has 0 radical (unpaired) electrons. The molecule has 7 nitrogen and oxygen atoms in total. The molecule has 2 aromatic rings. The van der Waals surface area contributed by atoms with Crippen molar-refractivity contribution in [2.24, 2.45) is 5.92 Å². The molecule has 1 aliphatic rings. The quantitative estimate of drug-likeness (QED) is 0.639. The van der Waals surface area contributed by atoms with E-state index in [9.17, 15) is 14.4 Å². The molecule has 30 heavy (non-hydrogen) atoms. The molecule has 1 atom stereocenters. The Kier molecular flexibility index (Phi) is 7.07. The average molecular weight is 472 g/mol. The lowest BCUT2D eigenvalue weighted by molar-refractivity contribution is -0.151. The maximum atomic E-state index is 12.4. The fraction of sp³-hybridized carbons (Fsp3) is 0.250. The number of halogens is 3. The van der Waals surface area contributed by atoms with Crippen molar-refractivity contribution in [3.05, 3.63) is 51.5 Å². The number of hydrogen-bond donors (Lipinski definition) is 1. The van der Waals surface area contributed by atoms with Crippen molar-refractivity contribution in [2.75, 3.05) is 30.5 Å². The minimum absolute atomic E-state index is 0.0388. The second kappa shape index (κ2) is 9.55. The van der Waals surface area contributed by atoms with Gasteiger partial charge in [0.25, 0.3) is 5.91 Å². The third kappa shape index (κ3) is 5.16. The molecule has 1 heterocycles. The molecular formula is C20H17Cl3N2O5. The number of ether oxygens (including phenoxy) is 2. The first-order valence-corrected chi connectivity index (χ1v) is 9.97. The van der Waals surface area contributed by atoms with Gasteiger partial charge in [-0.1, -0.05) is 34.8 Å². The second-order valence-electron chi connectivity index (χ2n) is 6.51. The monoisotopic (exact) mass is 470 g/mol. The smallest absolute Gasteiger partial charge is 0.311 e. The van der Waals surface area contributed by atoms with Crippen LogP contribution in [0.2, 0.25) is 15.1 Å². The normalized spacial score (nSPS) is 15.8. The van der Waals surface area contributed by atoms with Crippen LogP contribution in [0, 0.1) is 5.92 Å². The van der Waals surface area contributed by atoms with Crippen LogP contribution in [-0.4, -0.2) is 38.0 Å². The zero-order valence-electron chi connectivity index (χ0n) is 15.8. The standard InChI is InChI=1S/C20H17Cl3N2O5/c1-29-17-5-2-12(21)7-16(17)25-9-11(6-19(25)27)20(28)30-10-18(26)24-13-3-4-14(22)15(23)8-13/h2-5,7-8,11H,6,9-10H2,1H3,(H,24,26)/t11-/m0/s1. The van der Waals surface area contributed by atoms with Gasteiger partial charge in [-0.3, -0.25) is 14.4 Å². The van der Waals surface area contributed by atoms with E-state index in [2.05, 4.69) is 5.32 Å². The van der Waals surface area contributed by atoms with Gasteiger partial charge in [0.2, 0.25) is 5.91 Å². The van der Waals surface area contributed by atoms with Gasteiger partial charge in [-0.2, -0.15) is 0 Å². The average Bonchev–Trinajstić information content (AvgIpc) is 3.10. The molecule has 1 fully saturated rings. The molecule has 158 valence electrons. The first-order valence-electron chi connectivity index (χ1n) is 8.84. The summed E-state index contributed by atoms with van der Waals surface area (Å²) in [5.74, 6) is -1.70. The number of carbonyl (C=O) groups excluding carboxylic acids is 3. The molecule has 1 N–H and O–H groups in total. The minimum atomic E-state index is -0.709. The predicted octanol–water partition coefficient (Wildman–Crippen LogP) is 4.19. The Morgan fingerprint density at radius 2 is 1.90 bits per heavy atom. The highest BCUT2D eigenvalue weighted by Gasteiger charge is 2.37. The van der Waals surface area contributed by atoms with E-state index in [1.54, 1.807) is 24.3 Å². The van der Waals surface area contributed by atoms with Gasteiger partial charge in [0.15, 0.2) is 6.61 Å². The van der Waals surface area contributed by atoms with Crippen LogP contribution in [0.15, 0.2) is 36.4 Å². The van der Waals surface area contributed by atoms with E-state index in [4.69, 9.17) is 44.3 Å². The van der Waals surface area contributed by atoms with Crippen LogP contribution in [0.5, 0.6) is 5.75 Å². The van der Waals surface area contributed by atoms with Crippen LogP contribution >= 0.6 is 34.8 Å². The Bertz CT molecular complexity index is 998. The summed E-state index contributed by atoms with van der Waals surface area (Å²) in [5.41, 5.74) is 0.892. The number of amides is 2. The molecule has 0 unspecified atom stereocenters. The van der Waals surface area contributed by atoms with Crippen LogP contribution in [0.4, 0.5) is 11.4 Å². The number of nitrogens with one attached hydrogen (secondary N) is 1. The van der Waals surface area contributed by atoms with E-state index in [-0.39, 0.29) is 23.9 Å². The van der Waals surface area contributed by atoms with Crippen molar-refractivity contribution in [3.8, 4) is 5.75 Å². The topological polar surface area (TPSA) is 84.9 Å². The van der Waals surface area contributed by atoms with E-state index >= 15 is 0 Å². The number of esters is 1. The molecule has 0 saturated carbocycles. The van der Waals surface area contributed by atoms with Crippen molar-refractivity contribution in [2.45, 2.75) is 6.42 Å². The SMILES string of the molecule is COc1ccc(Cl)cc1N1C[C@@H](C(=O)OCC(=O)Nc2ccc(Cl)c(Cl)c2)CC1=O. The Morgan fingerprint density at radius 1 is 1.13 bits per heavy atom. The molecule has 1 saturated heterocycles. The highest BCUT2D eigenvalue weighted by atomic mass is 35.5. The zero-order valence-corrected chi connectivity index (χ0v) is 18.1. The Labute approximate surface area is 187 Å². The van der Waals surface area contributed by atoms with Crippen LogP contribution in [0.1, 0.15) is 6.42 Å². The van der Waals surface area contributed by atoms with Crippen molar-refractivity contribution in [3.63, 3.8) is 0 Å². The molecule has 0 aliphatic carbocycles. The van der Waals surface area contributed by atoms with Gasteiger partial charge in [0.1, 0.15) is 5.75 Å². The number of anilines is 2. The van der Waals surface area contributed by atoms with Gasteiger partial charge in [-0.15, -0.1) is 0 Å². The van der Waals surface area contributed by atoms with Gasteiger partial charge in [-0.25, -0.2) is 0 Å². The van der Waals surface area contributed by atoms with Crippen molar-refractivity contribution in [1.29, 1.82) is 0 Å². The van der Waals surface area contributed by atoms with Gasteiger partial charge in [0.05, 0.1) is 28.8 Å². The number of carbonyl (C=O) groups is 3. The van der Waals surface area contributed by atoms with Crippen LogP contribution < -0.4 is 15.0 Å². The second-order valence-corrected chi connectivity index (χ2v) is 7.76. The van der Waals surface area contributed by atoms with E-state index < -0.39 is 24.4 Å². The molecule has 3 rings (SSSR count). The fourth-order valence-electron chi connectivity index (χ4n) is 3.00. The number of hydrogen-bond acceptors (Lipinski definition) is 5. The fourth-order valence-corrected chi connectivity index (χ4v) is 3.46. The summed E-state index contributed by atoms with van der Waals surface area (Å²) in [4.78, 5) is 38.2. The number of benzene rings is 2. The summed E-state index contributed by atoms with van der Waals surface area (Å²) in [6.45, 7) is -0.396. The molecular weight excluding hydrogens is 455 g/mol. The Morgan fingerprint density at radius 3 is 2.60 bits per heavy atom. The molecule has 2 amide bonds. The van der Waals surface area contributed by atoms with Gasteiger partial charge in [-0.05, 0) is 36.4 Å². The maximum Gasteiger partial charge on any atom is 0.311 e. The van der Waals surface area contributed by atoms with Crippen molar-refractivity contribution >= 4 is 64.0 Å². The van der Waals surface area contributed by atoms with Gasteiger partial charge >= 0.3 is 5.97 Å². The third-order valence-corrected chi connectivity index (χ3v) is 5.41. The minimum Gasteiger partial charge on any atom is -0.495 e. The molecule has 1 aliphatic heterocycles. The summed E-state index contributed by atoms with van der Waals surface area (Å²) < 4.78 is 10.3. The predicted molar refractivity (Wildman–Crippen MR) is 115 cm³/mol. The summed E-state index contributed by atoms with van der Waals surface area (Å²) in [6.07, 6.45) is -0.0388. The molecule has 0 bridgehead atoms. The highest BCUT2D eigenvalue weighted by molar-refractivity contribution is 6.42.